The molecular weight excluding hydrogens is 292 g/mol. The number of alkyl halides is 3. The summed E-state index contributed by atoms with van der Waals surface area (Å²) in [6.45, 7) is 0. The average Bonchev–Trinajstić information content (AvgIpc) is 2.97. The Morgan fingerprint density at radius 1 is 1.33 bits per heavy atom. The zero-order valence-electron chi connectivity index (χ0n) is 8.81. The lowest BCUT2D eigenvalue weighted by molar-refractivity contribution is -0.163. The van der Waals surface area contributed by atoms with E-state index in [1.54, 1.807) is 0 Å². The van der Waals surface area contributed by atoms with E-state index in [9.17, 15) is 18.0 Å². The van der Waals surface area contributed by atoms with E-state index in [2.05, 4.69) is 4.98 Å². The van der Waals surface area contributed by atoms with Crippen molar-refractivity contribution >= 4 is 29.1 Å². The fourth-order valence-corrected chi connectivity index (χ4v) is 1.90. The van der Waals surface area contributed by atoms with Gasteiger partial charge in [-0.15, -0.1) is 0 Å². The normalized spacial score (nSPS) is 17.4. The molecule has 1 aromatic heterocycles. The number of nitrogens with one attached hydrogen (secondary N) is 1. The van der Waals surface area contributed by atoms with Crippen LogP contribution in [0.3, 0.4) is 0 Å². The van der Waals surface area contributed by atoms with Crippen molar-refractivity contribution in [2.24, 2.45) is 0 Å². The second-order valence-corrected chi connectivity index (χ2v) is 4.75. The number of hydrogen-bond acceptors (Lipinski definition) is 2. The molecule has 0 spiro atoms. The summed E-state index contributed by atoms with van der Waals surface area (Å²) >= 11 is 11.2. The van der Waals surface area contributed by atoms with Gasteiger partial charge in [-0.05, 0) is 25.0 Å². The van der Waals surface area contributed by atoms with E-state index < -0.39 is 17.6 Å². The Balaban J connectivity index is 2.19. The van der Waals surface area contributed by atoms with Crippen molar-refractivity contribution < 1.29 is 18.0 Å². The predicted octanol–water partition coefficient (Wildman–Crippen LogP) is 3.21. The summed E-state index contributed by atoms with van der Waals surface area (Å²) in [5, 5.41) is 1.79. The summed E-state index contributed by atoms with van der Waals surface area (Å²) in [6, 6.07) is 2.52. The maximum absolute atomic E-state index is 12.7. The van der Waals surface area contributed by atoms with Crippen molar-refractivity contribution in [3.63, 3.8) is 0 Å². The lowest BCUT2D eigenvalue weighted by Crippen LogP contribution is -2.47. The maximum Gasteiger partial charge on any atom is 0.411 e. The van der Waals surface area contributed by atoms with E-state index in [1.165, 1.54) is 12.1 Å². The number of nitrogens with zero attached hydrogens (tertiary/aromatic N) is 1. The van der Waals surface area contributed by atoms with Crippen LogP contribution in [0.2, 0.25) is 10.3 Å². The minimum absolute atomic E-state index is 0.0634. The largest absolute Gasteiger partial charge is 0.411 e. The molecule has 1 aromatic rings. The molecule has 1 saturated carbocycles. The topological polar surface area (TPSA) is 42.0 Å². The first-order valence-electron chi connectivity index (χ1n) is 4.96. The van der Waals surface area contributed by atoms with Gasteiger partial charge in [0.1, 0.15) is 15.8 Å². The molecular formula is C10H7Cl2F3N2O. The van der Waals surface area contributed by atoms with E-state index >= 15 is 0 Å². The summed E-state index contributed by atoms with van der Waals surface area (Å²) in [5.41, 5.74) is -2.25. The third-order valence-electron chi connectivity index (χ3n) is 2.70. The zero-order valence-corrected chi connectivity index (χ0v) is 10.3. The van der Waals surface area contributed by atoms with Gasteiger partial charge in [0.25, 0.3) is 5.91 Å². The van der Waals surface area contributed by atoms with Crippen LogP contribution in [0.25, 0.3) is 0 Å². The van der Waals surface area contributed by atoms with Crippen molar-refractivity contribution in [2.45, 2.75) is 24.6 Å². The lowest BCUT2D eigenvalue weighted by atomic mass is 10.2. The first kappa shape index (κ1) is 13.4. The van der Waals surface area contributed by atoms with Crippen molar-refractivity contribution in [3.05, 3.63) is 28.0 Å². The first-order chi connectivity index (χ1) is 8.25. The molecule has 98 valence electrons. The number of carbonyl (C=O) groups excluding carboxylic acids is 1. The van der Waals surface area contributed by atoms with Gasteiger partial charge in [-0.2, -0.15) is 13.2 Å². The van der Waals surface area contributed by atoms with Gasteiger partial charge >= 0.3 is 6.18 Å². The predicted molar refractivity (Wildman–Crippen MR) is 59.7 cm³/mol. The molecule has 0 radical (unpaired) electrons. The second-order valence-electron chi connectivity index (χ2n) is 4.01. The van der Waals surface area contributed by atoms with Gasteiger partial charge in [0.15, 0.2) is 0 Å². The molecule has 2 rings (SSSR count). The smallest absolute Gasteiger partial charge is 0.338 e. The maximum atomic E-state index is 12.7. The molecule has 8 heteroatoms. The highest BCUT2D eigenvalue weighted by Crippen LogP contribution is 2.49. The molecule has 3 nitrogen and oxygen atoms in total. The minimum atomic E-state index is -4.46. The Labute approximate surface area is 110 Å². The Bertz CT molecular complexity index is 500. The summed E-state index contributed by atoms with van der Waals surface area (Å²) in [5.74, 6) is -0.904. The summed E-state index contributed by atoms with van der Waals surface area (Å²) < 4.78 is 38.0. The van der Waals surface area contributed by atoms with Crippen LogP contribution in [-0.2, 0) is 0 Å². The number of carbonyl (C=O) groups is 1. The van der Waals surface area contributed by atoms with Crippen LogP contribution in [0.5, 0.6) is 0 Å². The van der Waals surface area contributed by atoms with Crippen LogP contribution >= 0.6 is 23.2 Å². The quantitative estimate of drug-likeness (QED) is 0.852. The van der Waals surface area contributed by atoms with Crippen LogP contribution < -0.4 is 5.32 Å². The molecule has 0 aliphatic heterocycles. The zero-order chi connectivity index (χ0) is 13.6. The fraction of sp³-hybridized carbons (Fsp3) is 0.400. The van der Waals surface area contributed by atoms with Crippen LogP contribution in [0, 0.1) is 0 Å². The van der Waals surface area contributed by atoms with Crippen LogP contribution in [0.4, 0.5) is 13.2 Å². The molecule has 18 heavy (non-hydrogen) atoms. The van der Waals surface area contributed by atoms with Crippen molar-refractivity contribution in [1.82, 2.24) is 10.3 Å². The van der Waals surface area contributed by atoms with Crippen LogP contribution in [0.1, 0.15) is 23.2 Å². The molecule has 1 aliphatic rings. The number of hydrogen-bond donors (Lipinski definition) is 1. The Morgan fingerprint density at radius 2 is 1.94 bits per heavy atom. The molecule has 1 amide bonds. The molecule has 1 heterocycles. The molecule has 0 aromatic carbocycles. The third kappa shape index (κ3) is 2.40. The standard InChI is InChI=1S/C10H7Cl2F3N2O/c11-6-2-1-5(7(12)16-6)8(18)17-9(3-4-9)10(13,14)15/h1-2H,3-4H2,(H,17,18). The van der Waals surface area contributed by atoms with Gasteiger partial charge in [-0.3, -0.25) is 4.79 Å². The number of rotatable bonds is 2. The highest BCUT2D eigenvalue weighted by atomic mass is 35.5. The molecule has 1 N–H and O–H groups in total. The van der Waals surface area contributed by atoms with Crippen LogP contribution in [-0.4, -0.2) is 22.6 Å². The van der Waals surface area contributed by atoms with Crippen LogP contribution in [0.15, 0.2) is 12.1 Å². The fourth-order valence-electron chi connectivity index (χ4n) is 1.47. The average molecular weight is 299 g/mol. The molecule has 1 fully saturated rings. The Hall–Kier alpha value is -1.01. The highest BCUT2D eigenvalue weighted by molar-refractivity contribution is 6.34. The highest BCUT2D eigenvalue weighted by Gasteiger charge is 2.64. The monoisotopic (exact) mass is 298 g/mol. The van der Waals surface area contributed by atoms with Crippen molar-refractivity contribution in [2.75, 3.05) is 0 Å². The number of aromatic nitrogens is 1. The lowest BCUT2D eigenvalue weighted by Gasteiger charge is -2.20. The van der Waals surface area contributed by atoms with Gasteiger partial charge in [0.2, 0.25) is 0 Å². The van der Waals surface area contributed by atoms with E-state index in [-0.39, 0.29) is 28.7 Å². The Morgan fingerprint density at radius 3 is 2.39 bits per heavy atom. The SMILES string of the molecule is O=C(NC1(C(F)(F)F)CC1)c1ccc(Cl)nc1Cl. The summed E-state index contributed by atoms with van der Waals surface area (Å²) in [7, 11) is 0. The Kier molecular flexibility index (Phi) is 3.19. The summed E-state index contributed by atoms with van der Waals surface area (Å²) in [4.78, 5) is 15.3. The van der Waals surface area contributed by atoms with Crippen molar-refractivity contribution in [3.8, 4) is 0 Å². The molecule has 1 aliphatic carbocycles. The van der Waals surface area contributed by atoms with Gasteiger partial charge in [-0.25, -0.2) is 4.98 Å². The molecule has 0 unspecified atom stereocenters. The number of amides is 1. The minimum Gasteiger partial charge on any atom is -0.338 e. The van der Waals surface area contributed by atoms with Crippen molar-refractivity contribution in [1.29, 1.82) is 0 Å². The van der Waals surface area contributed by atoms with E-state index in [4.69, 9.17) is 23.2 Å². The summed E-state index contributed by atoms with van der Waals surface area (Å²) in [6.07, 6.45) is -4.71. The van der Waals surface area contributed by atoms with Gasteiger partial charge in [0, 0.05) is 0 Å². The van der Waals surface area contributed by atoms with E-state index in [1.807, 2.05) is 5.32 Å². The molecule has 0 saturated heterocycles. The molecule has 0 atom stereocenters. The first-order valence-corrected chi connectivity index (χ1v) is 5.72. The van der Waals surface area contributed by atoms with E-state index in [0.717, 1.165) is 0 Å². The molecule has 0 bridgehead atoms. The third-order valence-corrected chi connectivity index (χ3v) is 3.20. The van der Waals surface area contributed by atoms with Gasteiger partial charge < -0.3 is 5.32 Å². The number of halogens is 5. The number of pyridine rings is 1. The van der Waals surface area contributed by atoms with Gasteiger partial charge in [-0.1, -0.05) is 23.2 Å². The van der Waals surface area contributed by atoms with Gasteiger partial charge in [0.05, 0.1) is 5.56 Å². The second kappa shape index (κ2) is 4.28. The van der Waals surface area contributed by atoms with E-state index in [0.29, 0.717) is 0 Å².